The van der Waals surface area contributed by atoms with Gasteiger partial charge in [-0.1, -0.05) is 0 Å². The van der Waals surface area contributed by atoms with Crippen molar-refractivity contribution in [2.75, 3.05) is 19.6 Å². The van der Waals surface area contributed by atoms with Crippen LogP contribution in [0.3, 0.4) is 0 Å². The fourth-order valence-corrected chi connectivity index (χ4v) is 7.80. The molecule has 1 saturated heterocycles. The number of amides is 1. The Balaban J connectivity index is 1.32. The predicted molar refractivity (Wildman–Crippen MR) is 112 cm³/mol. The van der Waals surface area contributed by atoms with Gasteiger partial charge in [0, 0.05) is 30.9 Å². The van der Waals surface area contributed by atoms with Crippen LogP contribution in [0.1, 0.15) is 57.4 Å². The summed E-state index contributed by atoms with van der Waals surface area (Å²) in [6.07, 6.45) is 8.14. The summed E-state index contributed by atoms with van der Waals surface area (Å²) in [6, 6.07) is 1.55. The van der Waals surface area contributed by atoms with Crippen molar-refractivity contribution >= 4 is 38.6 Å². The Bertz CT molecular complexity index is 919. The Morgan fingerprint density at radius 1 is 1.18 bits per heavy atom. The van der Waals surface area contributed by atoms with Gasteiger partial charge in [0.15, 0.2) is 0 Å². The highest BCUT2D eigenvalue weighted by molar-refractivity contribution is 7.89. The normalized spacial score (nSPS) is 17.6. The van der Waals surface area contributed by atoms with Crippen LogP contribution in [0.15, 0.2) is 16.3 Å². The molecule has 0 radical (unpaired) electrons. The quantitative estimate of drug-likeness (QED) is 0.672. The van der Waals surface area contributed by atoms with E-state index in [9.17, 15) is 13.2 Å². The molecule has 6 nitrogen and oxygen atoms in total. The largest absolute Gasteiger partial charge is 0.351 e. The maximum Gasteiger partial charge on any atom is 0.262 e. The fraction of sp³-hybridized carbons (Fsp3) is 0.579. The van der Waals surface area contributed by atoms with Gasteiger partial charge >= 0.3 is 0 Å². The monoisotopic (exact) mass is 439 g/mol. The van der Waals surface area contributed by atoms with Crippen LogP contribution in [0, 0.1) is 0 Å². The highest BCUT2D eigenvalue weighted by atomic mass is 32.2. The average molecular weight is 440 g/mol. The van der Waals surface area contributed by atoms with Gasteiger partial charge in [-0.2, -0.15) is 4.31 Å². The molecule has 1 amide bonds. The summed E-state index contributed by atoms with van der Waals surface area (Å²) in [5.74, 6) is -0.300. The molecule has 28 heavy (non-hydrogen) atoms. The molecule has 0 spiro atoms. The van der Waals surface area contributed by atoms with Gasteiger partial charge in [-0.3, -0.25) is 4.79 Å². The van der Waals surface area contributed by atoms with Crippen LogP contribution in [0.25, 0.3) is 0 Å². The third-order valence-corrected chi connectivity index (χ3v) is 9.46. The number of hydrogen-bond donors (Lipinski definition) is 1. The van der Waals surface area contributed by atoms with Gasteiger partial charge in [0.1, 0.15) is 9.77 Å². The van der Waals surface area contributed by atoms with E-state index in [1.807, 2.05) is 0 Å². The Morgan fingerprint density at radius 2 is 1.96 bits per heavy atom. The second-order valence-corrected chi connectivity index (χ2v) is 11.3. The molecule has 2 aliphatic rings. The predicted octanol–water partition coefficient (Wildman–Crippen LogP) is 3.23. The van der Waals surface area contributed by atoms with Crippen molar-refractivity contribution in [2.45, 2.75) is 56.3 Å². The minimum atomic E-state index is -3.57. The lowest BCUT2D eigenvalue weighted by Gasteiger charge is -2.15. The van der Waals surface area contributed by atoms with Crippen molar-refractivity contribution in [3.63, 3.8) is 0 Å². The summed E-state index contributed by atoms with van der Waals surface area (Å²) in [5, 5.41) is 5.71. The number of nitrogens with one attached hydrogen (secondary N) is 1. The van der Waals surface area contributed by atoms with E-state index in [4.69, 9.17) is 4.98 Å². The third-order valence-electron chi connectivity index (χ3n) is 5.26. The number of aromatic nitrogens is 1. The second-order valence-electron chi connectivity index (χ2n) is 7.27. The molecule has 1 fully saturated rings. The van der Waals surface area contributed by atoms with E-state index in [-0.39, 0.29) is 15.7 Å². The molecule has 2 aromatic rings. The first-order valence-electron chi connectivity index (χ1n) is 9.89. The first-order chi connectivity index (χ1) is 13.6. The molecule has 1 aliphatic carbocycles. The molecule has 4 rings (SSSR count). The van der Waals surface area contributed by atoms with E-state index in [2.05, 4.69) is 5.32 Å². The second kappa shape index (κ2) is 8.61. The van der Waals surface area contributed by atoms with E-state index in [1.165, 1.54) is 39.1 Å². The molecule has 152 valence electrons. The Morgan fingerprint density at radius 3 is 2.75 bits per heavy atom. The number of sulfonamides is 1. The Kier molecular flexibility index (Phi) is 6.15. The van der Waals surface area contributed by atoms with Crippen molar-refractivity contribution in [3.05, 3.63) is 31.9 Å². The molecule has 0 unspecified atom stereocenters. The standard InChI is InChI=1S/C19H25N3O3S3/c23-19(18-16(9-13-26-18)28(24,25)22-11-3-4-12-22)20-10-5-8-17-21-14-6-1-2-7-15(14)27-17/h9,13H,1-8,10-12H2,(H,20,23). The van der Waals surface area contributed by atoms with Gasteiger partial charge in [0.05, 0.1) is 10.7 Å². The molecule has 0 atom stereocenters. The molecule has 3 heterocycles. The van der Waals surface area contributed by atoms with E-state index in [0.29, 0.717) is 19.6 Å². The van der Waals surface area contributed by atoms with Crippen molar-refractivity contribution in [2.24, 2.45) is 0 Å². The van der Waals surface area contributed by atoms with Gasteiger partial charge in [0.25, 0.3) is 5.91 Å². The number of aryl methyl sites for hydroxylation is 3. The maximum absolute atomic E-state index is 12.8. The van der Waals surface area contributed by atoms with Gasteiger partial charge in [-0.15, -0.1) is 22.7 Å². The van der Waals surface area contributed by atoms with Crippen molar-refractivity contribution in [1.29, 1.82) is 0 Å². The lowest BCUT2D eigenvalue weighted by Crippen LogP contribution is -2.30. The first-order valence-corrected chi connectivity index (χ1v) is 13.0. The zero-order chi connectivity index (χ0) is 19.6. The molecule has 0 aromatic carbocycles. The molecule has 2 aromatic heterocycles. The Hall–Kier alpha value is -1.29. The molecule has 1 aliphatic heterocycles. The van der Waals surface area contributed by atoms with Crippen molar-refractivity contribution < 1.29 is 13.2 Å². The number of fused-ring (bicyclic) bond motifs is 1. The van der Waals surface area contributed by atoms with Gasteiger partial charge in [-0.05, 0) is 56.4 Å². The number of carbonyl (C=O) groups is 1. The molecule has 0 bridgehead atoms. The topological polar surface area (TPSA) is 79.4 Å². The number of carbonyl (C=O) groups excluding carboxylic acids is 1. The smallest absolute Gasteiger partial charge is 0.262 e. The van der Waals surface area contributed by atoms with Crippen molar-refractivity contribution in [3.8, 4) is 0 Å². The van der Waals surface area contributed by atoms with Gasteiger partial charge in [0.2, 0.25) is 10.0 Å². The van der Waals surface area contributed by atoms with Crippen LogP contribution in [0.4, 0.5) is 0 Å². The molecular formula is C19H25N3O3S3. The zero-order valence-electron chi connectivity index (χ0n) is 15.8. The van der Waals surface area contributed by atoms with Crippen LogP contribution in [0.2, 0.25) is 0 Å². The molecule has 0 saturated carbocycles. The SMILES string of the molecule is O=C(NCCCc1nc2c(s1)CCCC2)c1sccc1S(=O)(=O)N1CCCC1. The molecule has 9 heteroatoms. The summed E-state index contributed by atoms with van der Waals surface area (Å²) in [5.41, 5.74) is 1.27. The average Bonchev–Trinajstić information content (AvgIpc) is 3.44. The third kappa shape index (κ3) is 4.17. The van der Waals surface area contributed by atoms with Crippen LogP contribution >= 0.6 is 22.7 Å². The van der Waals surface area contributed by atoms with Crippen molar-refractivity contribution in [1.82, 2.24) is 14.6 Å². The summed E-state index contributed by atoms with van der Waals surface area (Å²) in [7, 11) is -3.57. The molecule has 1 N–H and O–H groups in total. The zero-order valence-corrected chi connectivity index (χ0v) is 18.2. The number of nitrogens with zero attached hydrogens (tertiary/aromatic N) is 2. The van der Waals surface area contributed by atoms with Crippen LogP contribution in [-0.4, -0.2) is 43.2 Å². The highest BCUT2D eigenvalue weighted by Gasteiger charge is 2.31. The summed E-state index contributed by atoms with van der Waals surface area (Å²) < 4.78 is 27.0. The van der Waals surface area contributed by atoms with Crippen LogP contribution in [-0.2, 0) is 29.3 Å². The highest BCUT2D eigenvalue weighted by Crippen LogP contribution is 2.28. The van der Waals surface area contributed by atoms with Gasteiger partial charge in [-0.25, -0.2) is 13.4 Å². The van der Waals surface area contributed by atoms with E-state index in [0.717, 1.165) is 43.5 Å². The fourth-order valence-electron chi connectivity index (χ4n) is 3.77. The minimum Gasteiger partial charge on any atom is -0.351 e. The number of rotatable bonds is 7. The lowest BCUT2D eigenvalue weighted by atomic mass is 10.0. The van der Waals surface area contributed by atoms with Gasteiger partial charge < -0.3 is 5.32 Å². The lowest BCUT2D eigenvalue weighted by molar-refractivity contribution is 0.0954. The molecular weight excluding hydrogens is 414 g/mol. The van der Waals surface area contributed by atoms with E-state index in [1.54, 1.807) is 22.8 Å². The van der Waals surface area contributed by atoms with Crippen LogP contribution < -0.4 is 5.32 Å². The summed E-state index contributed by atoms with van der Waals surface area (Å²) in [4.78, 5) is 19.2. The van der Waals surface area contributed by atoms with Crippen LogP contribution in [0.5, 0.6) is 0 Å². The Labute approximate surface area is 174 Å². The first kappa shape index (κ1) is 20.0. The van der Waals surface area contributed by atoms with E-state index < -0.39 is 10.0 Å². The summed E-state index contributed by atoms with van der Waals surface area (Å²) >= 11 is 2.99. The minimum absolute atomic E-state index is 0.143. The summed E-state index contributed by atoms with van der Waals surface area (Å²) in [6.45, 7) is 1.60. The number of thiophene rings is 1. The maximum atomic E-state index is 12.8. The number of hydrogen-bond acceptors (Lipinski definition) is 6. The van der Waals surface area contributed by atoms with E-state index >= 15 is 0 Å². The number of thiazole rings is 1.